The monoisotopic (exact) mass is 451 g/mol. The van der Waals surface area contributed by atoms with Crippen LogP contribution in [0.4, 0.5) is 0 Å². The van der Waals surface area contributed by atoms with Crippen LogP contribution >= 0.6 is 0 Å². The Morgan fingerprint density at radius 3 is 1.14 bits per heavy atom. The number of Topliss-reactive ketones (excluding diaryl/α,β-unsaturated/α-hetero) is 1. The molecule has 1 amide bonds. The van der Waals surface area contributed by atoms with Crippen molar-refractivity contribution in [2.75, 3.05) is 0 Å². The van der Waals surface area contributed by atoms with E-state index in [-0.39, 0.29) is 95.9 Å². The molecular formula is C16H35NO2Y2-4. The zero-order valence-electron chi connectivity index (χ0n) is 14.4. The Morgan fingerprint density at radius 2 is 1.14 bits per heavy atom. The molecule has 3 nitrogen and oxygen atoms in total. The van der Waals surface area contributed by atoms with Crippen molar-refractivity contribution in [3.63, 3.8) is 0 Å². The molecular weight excluding hydrogens is 416 g/mol. The average molecular weight is 451 g/mol. The van der Waals surface area contributed by atoms with Crippen LogP contribution in [0.15, 0.2) is 0 Å². The molecule has 0 rings (SSSR count). The molecule has 0 aromatic heterocycles. The van der Waals surface area contributed by atoms with Gasteiger partial charge in [-0.25, -0.2) is 0 Å². The maximum absolute atomic E-state index is 10.4. The molecule has 0 saturated heterocycles. The molecule has 0 aromatic rings. The number of ketones is 1. The third-order valence-corrected chi connectivity index (χ3v) is 1.54. The summed E-state index contributed by atoms with van der Waals surface area (Å²) in [4.78, 5) is 20.7. The molecule has 5 heteroatoms. The molecule has 0 heterocycles. The number of hydrogen-bond acceptors (Lipinski definition) is 2. The molecule has 0 aliphatic heterocycles. The predicted molar refractivity (Wildman–Crippen MR) is 86.9 cm³/mol. The molecule has 126 valence electrons. The van der Waals surface area contributed by atoms with Crippen molar-refractivity contribution in [2.24, 2.45) is 11.3 Å². The standard InChI is InChI=1S/C6H11O.C5H10NO.2C2H5.CH4.2Y/c1-5(7)6(2,3)4;1-4(2)5(7)6-3;2*1-2;;;/h1H2,2-4H3;4H,3H2,1-2H3,(H,6,7);2*1H2,2H3;1H4;;/q4*-1;;;. The van der Waals surface area contributed by atoms with Crippen molar-refractivity contribution in [2.45, 2.75) is 55.9 Å². The van der Waals surface area contributed by atoms with Crippen LogP contribution in [0.3, 0.4) is 0 Å². The van der Waals surface area contributed by atoms with Gasteiger partial charge in [0.15, 0.2) is 5.91 Å². The Labute approximate surface area is 185 Å². The van der Waals surface area contributed by atoms with Gasteiger partial charge >= 0.3 is 0 Å². The molecule has 0 spiro atoms. The van der Waals surface area contributed by atoms with Crippen molar-refractivity contribution in [3.05, 3.63) is 27.8 Å². The van der Waals surface area contributed by atoms with Gasteiger partial charge in [-0.05, 0) is 5.41 Å². The molecule has 0 unspecified atom stereocenters. The van der Waals surface area contributed by atoms with E-state index in [0.29, 0.717) is 0 Å². The predicted octanol–water partition coefficient (Wildman–Crippen LogP) is 4.30. The maximum Gasteiger partial charge on any atom is 0.193 e. The van der Waals surface area contributed by atoms with Gasteiger partial charge in [0.2, 0.25) is 0 Å². The molecule has 0 atom stereocenters. The fourth-order valence-electron chi connectivity index (χ4n) is 0.204. The van der Waals surface area contributed by atoms with Crippen LogP contribution in [0.2, 0.25) is 0 Å². The SMILES string of the molecule is C.[CH2-]C.[CH2-]C.[CH2-]C(=O)C(C)(C)C.[CH2-]NC(=O)C(C)C.[Y].[Y]. The van der Waals surface area contributed by atoms with Crippen molar-refractivity contribution >= 4 is 11.7 Å². The third-order valence-electron chi connectivity index (χ3n) is 1.54. The van der Waals surface area contributed by atoms with E-state index in [1.165, 1.54) is 0 Å². The Hall–Kier alpha value is 1.22. The van der Waals surface area contributed by atoms with Crippen LogP contribution in [0.1, 0.15) is 55.9 Å². The zero-order valence-corrected chi connectivity index (χ0v) is 20.1. The molecule has 0 aliphatic carbocycles. The first-order valence-electron chi connectivity index (χ1n) is 5.97. The Kier molecular flexibility index (Phi) is 60.2. The first-order valence-corrected chi connectivity index (χ1v) is 5.97. The van der Waals surface area contributed by atoms with Gasteiger partial charge in [0.25, 0.3) is 0 Å². The van der Waals surface area contributed by atoms with E-state index in [1.807, 2.05) is 34.6 Å². The normalized spacial score (nSPS) is 7.38. The van der Waals surface area contributed by atoms with Crippen LogP contribution in [-0.4, -0.2) is 11.7 Å². The molecule has 0 bridgehead atoms. The van der Waals surface area contributed by atoms with Gasteiger partial charge in [-0.1, -0.05) is 42.0 Å². The van der Waals surface area contributed by atoms with Crippen LogP contribution in [0.25, 0.3) is 0 Å². The van der Waals surface area contributed by atoms with Gasteiger partial charge in [-0.2, -0.15) is 13.8 Å². The number of hydrogen-bond donors (Lipinski definition) is 1. The van der Waals surface area contributed by atoms with Gasteiger partial charge in [-0.3, -0.25) is 11.8 Å². The Morgan fingerprint density at radius 1 is 0.952 bits per heavy atom. The van der Waals surface area contributed by atoms with Crippen molar-refractivity contribution in [1.82, 2.24) is 5.32 Å². The largest absolute Gasteiger partial charge is 0.508 e. The van der Waals surface area contributed by atoms with E-state index in [0.717, 1.165) is 0 Å². The first kappa shape index (κ1) is 43.2. The second-order valence-corrected chi connectivity index (χ2v) is 4.37. The van der Waals surface area contributed by atoms with Gasteiger partial charge in [0, 0.05) is 77.1 Å². The van der Waals surface area contributed by atoms with Gasteiger partial charge < -0.3 is 30.9 Å². The fraction of sp³-hybridized carbons (Fsp3) is 0.625. The van der Waals surface area contributed by atoms with E-state index in [9.17, 15) is 9.59 Å². The van der Waals surface area contributed by atoms with Gasteiger partial charge in [0.1, 0.15) is 0 Å². The topological polar surface area (TPSA) is 46.2 Å². The van der Waals surface area contributed by atoms with Crippen molar-refractivity contribution < 1.29 is 75.0 Å². The third kappa shape index (κ3) is 44.9. The number of carbonyl (C=O) groups is 2. The van der Waals surface area contributed by atoms with Crippen LogP contribution in [0, 0.1) is 39.2 Å². The molecule has 21 heavy (non-hydrogen) atoms. The average Bonchev–Trinajstić information content (AvgIpc) is 2.32. The Balaban J connectivity index is -0.0000000269. The second-order valence-electron chi connectivity index (χ2n) is 4.37. The van der Waals surface area contributed by atoms with Crippen LogP contribution in [0.5, 0.6) is 0 Å². The maximum atomic E-state index is 10.4. The van der Waals surface area contributed by atoms with Gasteiger partial charge in [-0.15, -0.1) is 0 Å². The number of carbonyl (C=O) groups excluding carboxylic acids is 2. The van der Waals surface area contributed by atoms with Crippen molar-refractivity contribution in [1.29, 1.82) is 0 Å². The summed E-state index contributed by atoms with van der Waals surface area (Å²) < 4.78 is 0. The molecule has 0 aromatic carbocycles. The minimum absolute atomic E-state index is 0. The Bertz CT molecular complexity index is 199. The number of nitrogens with one attached hydrogen (secondary N) is 1. The number of rotatable bonds is 1. The minimum Gasteiger partial charge on any atom is -0.508 e. The minimum atomic E-state index is -0.250. The summed E-state index contributed by atoms with van der Waals surface area (Å²) in [5.74, 6) is 0.0324. The van der Waals surface area contributed by atoms with Gasteiger partial charge in [0.05, 0.1) is 0 Å². The summed E-state index contributed by atoms with van der Waals surface area (Å²) >= 11 is 0. The number of amides is 1. The van der Waals surface area contributed by atoms with E-state index in [1.54, 1.807) is 13.8 Å². The molecule has 2 radical (unpaired) electrons. The quantitative estimate of drug-likeness (QED) is 0.605. The second kappa shape index (κ2) is 29.3. The smallest absolute Gasteiger partial charge is 0.193 e. The molecule has 0 aliphatic rings. The summed E-state index contributed by atoms with van der Waals surface area (Å²) in [6.45, 7) is 22.5. The molecule has 0 fully saturated rings. The van der Waals surface area contributed by atoms with Crippen molar-refractivity contribution in [3.8, 4) is 0 Å². The first-order chi connectivity index (χ1) is 8.12. The zero-order chi connectivity index (χ0) is 15.9. The van der Waals surface area contributed by atoms with Crippen LogP contribution < -0.4 is 5.32 Å². The summed E-state index contributed by atoms with van der Waals surface area (Å²) in [7, 11) is 3.21. The summed E-state index contributed by atoms with van der Waals surface area (Å²) in [6.07, 6.45) is 0. The van der Waals surface area contributed by atoms with Crippen LogP contribution in [-0.2, 0) is 75.0 Å². The van der Waals surface area contributed by atoms with E-state index >= 15 is 0 Å². The van der Waals surface area contributed by atoms with E-state index < -0.39 is 0 Å². The molecule has 1 N–H and O–H groups in total. The van der Waals surface area contributed by atoms with E-state index in [2.05, 4.69) is 33.1 Å². The van der Waals surface area contributed by atoms with E-state index in [4.69, 9.17) is 0 Å². The fourth-order valence-corrected chi connectivity index (χ4v) is 0.204. The molecule has 0 saturated carbocycles. The summed E-state index contributed by atoms with van der Waals surface area (Å²) in [5, 5.41) is 2.28. The summed E-state index contributed by atoms with van der Waals surface area (Å²) in [6, 6.07) is 0. The summed E-state index contributed by atoms with van der Waals surface area (Å²) in [5.41, 5.74) is -0.250.